The number of esters is 1. The van der Waals surface area contributed by atoms with Crippen molar-refractivity contribution in [3.63, 3.8) is 0 Å². The Labute approximate surface area is 170 Å². The number of amides is 1. The lowest BCUT2D eigenvalue weighted by atomic mass is 9.89. The van der Waals surface area contributed by atoms with Gasteiger partial charge in [0, 0.05) is 13.1 Å². The van der Waals surface area contributed by atoms with Crippen LogP contribution in [0.1, 0.15) is 62.0 Å². The molecular weight excluding hydrogens is 370 g/mol. The fourth-order valence-corrected chi connectivity index (χ4v) is 3.88. The van der Waals surface area contributed by atoms with E-state index in [0.717, 1.165) is 12.8 Å². The van der Waals surface area contributed by atoms with E-state index in [1.165, 1.54) is 19.3 Å². The SMILES string of the molecule is CCn1c(=O)c(C)nc2cc(C(=O)O[C@H](C)C(=O)NCC3CCCCC3)ccc21. The molecule has 1 atom stereocenters. The van der Waals surface area contributed by atoms with Gasteiger partial charge in [0.25, 0.3) is 11.5 Å². The first-order valence-electron chi connectivity index (χ1n) is 10.4. The Morgan fingerprint density at radius 1 is 1.28 bits per heavy atom. The average molecular weight is 399 g/mol. The minimum absolute atomic E-state index is 0.140. The molecule has 1 aromatic carbocycles. The van der Waals surface area contributed by atoms with Crippen molar-refractivity contribution in [2.45, 2.75) is 65.5 Å². The van der Waals surface area contributed by atoms with Crippen molar-refractivity contribution in [1.82, 2.24) is 14.9 Å². The van der Waals surface area contributed by atoms with E-state index in [2.05, 4.69) is 10.3 Å². The Morgan fingerprint density at radius 3 is 2.69 bits per heavy atom. The number of aromatic nitrogens is 2. The second-order valence-corrected chi connectivity index (χ2v) is 7.75. The molecule has 7 nitrogen and oxygen atoms in total. The van der Waals surface area contributed by atoms with Crippen LogP contribution in [0.2, 0.25) is 0 Å². The first-order chi connectivity index (χ1) is 13.9. The Bertz CT molecular complexity index is 960. The van der Waals surface area contributed by atoms with Gasteiger partial charge in [0.1, 0.15) is 5.69 Å². The number of hydrogen-bond donors (Lipinski definition) is 1. The third kappa shape index (κ3) is 4.83. The topological polar surface area (TPSA) is 90.3 Å². The van der Waals surface area contributed by atoms with Gasteiger partial charge >= 0.3 is 5.97 Å². The maximum absolute atomic E-state index is 12.5. The second kappa shape index (κ2) is 9.20. The number of aryl methyl sites for hydroxylation is 2. The highest BCUT2D eigenvalue weighted by Gasteiger charge is 2.21. The minimum Gasteiger partial charge on any atom is -0.449 e. The molecule has 0 bridgehead atoms. The van der Waals surface area contributed by atoms with E-state index < -0.39 is 12.1 Å². The van der Waals surface area contributed by atoms with Crippen LogP contribution >= 0.6 is 0 Å². The maximum Gasteiger partial charge on any atom is 0.338 e. The number of ether oxygens (including phenoxy) is 1. The van der Waals surface area contributed by atoms with Gasteiger partial charge in [-0.1, -0.05) is 19.3 Å². The zero-order valence-corrected chi connectivity index (χ0v) is 17.4. The van der Waals surface area contributed by atoms with Gasteiger partial charge in [0.2, 0.25) is 0 Å². The highest BCUT2D eigenvalue weighted by atomic mass is 16.5. The zero-order chi connectivity index (χ0) is 21.0. The molecule has 0 aliphatic heterocycles. The molecule has 0 radical (unpaired) electrons. The summed E-state index contributed by atoms with van der Waals surface area (Å²) in [6.07, 6.45) is 5.11. The molecule has 3 rings (SSSR count). The molecule has 1 aliphatic rings. The summed E-state index contributed by atoms with van der Waals surface area (Å²) in [4.78, 5) is 41.3. The molecule has 0 spiro atoms. The second-order valence-electron chi connectivity index (χ2n) is 7.75. The van der Waals surface area contributed by atoms with Gasteiger partial charge in [-0.3, -0.25) is 9.59 Å². The molecule has 1 amide bonds. The molecule has 1 saturated carbocycles. The fourth-order valence-electron chi connectivity index (χ4n) is 3.88. The summed E-state index contributed by atoms with van der Waals surface area (Å²) in [5, 5.41) is 2.90. The van der Waals surface area contributed by atoms with Gasteiger partial charge in [0.15, 0.2) is 6.10 Å². The molecule has 1 fully saturated rings. The minimum atomic E-state index is -0.874. The summed E-state index contributed by atoms with van der Waals surface area (Å²) in [6.45, 7) is 6.26. The summed E-state index contributed by atoms with van der Waals surface area (Å²) >= 11 is 0. The summed E-state index contributed by atoms with van der Waals surface area (Å²) in [5.74, 6) is -0.346. The highest BCUT2D eigenvalue weighted by molar-refractivity contribution is 5.95. The molecule has 1 aromatic heterocycles. The Hall–Kier alpha value is -2.70. The predicted molar refractivity (Wildman–Crippen MR) is 111 cm³/mol. The molecule has 29 heavy (non-hydrogen) atoms. The number of nitrogens with one attached hydrogen (secondary N) is 1. The van der Waals surface area contributed by atoms with E-state index in [1.54, 1.807) is 36.6 Å². The standard InChI is InChI=1S/C22H29N3O4/c1-4-25-19-11-10-17(12-18(19)24-14(2)21(25)27)22(28)29-15(3)20(26)23-13-16-8-6-5-7-9-16/h10-12,15-16H,4-9,13H2,1-3H3,(H,23,26)/t15-/m1/s1. The van der Waals surface area contributed by atoms with Gasteiger partial charge in [0.05, 0.1) is 16.6 Å². The van der Waals surface area contributed by atoms with E-state index in [9.17, 15) is 14.4 Å². The maximum atomic E-state index is 12.5. The number of carbonyl (C=O) groups is 2. The Morgan fingerprint density at radius 2 is 2.00 bits per heavy atom. The zero-order valence-electron chi connectivity index (χ0n) is 17.4. The van der Waals surface area contributed by atoms with Crippen LogP contribution in [0.4, 0.5) is 0 Å². The van der Waals surface area contributed by atoms with Crippen LogP contribution in [0.15, 0.2) is 23.0 Å². The van der Waals surface area contributed by atoms with Crippen LogP contribution in [0.3, 0.4) is 0 Å². The van der Waals surface area contributed by atoms with Gasteiger partial charge in [-0.05, 0) is 57.7 Å². The highest BCUT2D eigenvalue weighted by Crippen LogP contribution is 2.22. The number of rotatable bonds is 6. The summed E-state index contributed by atoms with van der Waals surface area (Å²) in [7, 11) is 0. The normalized spacial score (nSPS) is 15.8. The Balaban J connectivity index is 1.66. The molecule has 1 N–H and O–H groups in total. The van der Waals surface area contributed by atoms with Crippen LogP contribution in [-0.4, -0.2) is 34.1 Å². The van der Waals surface area contributed by atoms with Crippen LogP contribution in [-0.2, 0) is 16.1 Å². The van der Waals surface area contributed by atoms with E-state index in [1.807, 2.05) is 6.92 Å². The molecule has 156 valence electrons. The van der Waals surface area contributed by atoms with Crippen LogP contribution < -0.4 is 10.9 Å². The van der Waals surface area contributed by atoms with Crippen LogP contribution in [0.5, 0.6) is 0 Å². The van der Waals surface area contributed by atoms with Crippen molar-refractivity contribution in [2.24, 2.45) is 5.92 Å². The van der Waals surface area contributed by atoms with Crippen molar-refractivity contribution < 1.29 is 14.3 Å². The monoisotopic (exact) mass is 399 g/mol. The number of benzene rings is 1. The number of nitrogens with zero attached hydrogens (tertiary/aromatic N) is 2. The van der Waals surface area contributed by atoms with E-state index in [0.29, 0.717) is 41.3 Å². The van der Waals surface area contributed by atoms with Crippen molar-refractivity contribution in [3.8, 4) is 0 Å². The number of fused-ring (bicyclic) bond motifs is 1. The lowest BCUT2D eigenvalue weighted by Crippen LogP contribution is -2.38. The Kier molecular flexibility index (Phi) is 6.67. The first kappa shape index (κ1) is 21.0. The summed E-state index contributed by atoms with van der Waals surface area (Å²) in [5.41, 5.74) is 1.75. The third-order valence-electron chi connectivity index (χ3n) is 5.60. The largest absolute Gasteiger partial charge is 0.449 e. The lowest BCUT2D eigenvalue weighted by Gasteiger charge is -2.22. The smallest absolute Gasteiger partial charge is 0.338 e. The lowest BCUT2D eigenvalue weighted by molar-refractivity contribution is -0.129. The van der Waals surface area contributed by atoms with Crippen molar-refractivity contribution >= 4 is 22.9 Å². The molecule has 1 heterocycles. The molecule has 1 aliphatic carbocycles. The summed E-state index contributed by atoms with van der Waals surface area (Å²) in [6, 6.07) is 4.89. The predicted octanol–water partition coefficient (Wildman–Crippen LogP) is 2.97. The van der Waals surface area contributed by atoms with Gasteiger partial charge < -0.3 is 14.6 Å². The van der Waals surface area contributed by atoms with Gasteiger partial charge in [-0.2, -0.15) is 0 Å². The quantitative estimate of drug-likeness (QED) is 0.754. The van der Waals surface area contributed by atoms with Gasteiger partial charge in [-0.15, -0.1) is 0 Å². The van der Waals surface area contributed by atoms with Crippen molar-refractivity contribution in [2.75, 3.05) is 6.54 Å². The molecule has 2 aromatic rings. The van der Waals surface area contributed by atoms with E-state index >= 15 is 0 Å². The first-order valence-corrected chi connectivity index (χ1v) is 10.4. The molecule has 0 unspecified atom stereocenters. The number of hydrogen-bond acceptors (Lipinski definition) is 5. The number of carbonyl (C=O) groups excluding carboxylic acids is 2. The third-order valence-corrected chi connectivity index (χ3v) is 5.60. The van der Waals surface area contributed by atoms with Crippen LogP contribution in [0, 0.1) is 12.8 Å². The van der Waals surface area contributed by atoms with E-state index in [4.69, 9.17) is 4.74 Å². The summed E-state index contributed by atoms with van der Waals surface area (Å²) < 4.78 is 6.97. The molecule has 0 saturated heterocycles. The van der Waals surface area contributed by atoms with Crippen LogP contribution in [0.25, 0.3) is 11.0 Å². The molecule has 7 heteroatoms. The van der Waals surface area contributed by atoms with Gasteiger partial charge in [-0.25, -0.2) is 9.78 Å². The fraction of sp³-hybridized carbons (Fsp3) is 0.545. The van der Waals surface area contributed by atoms with E-state index in [-0.39, 0.29) is 11.5 Å². The molecular formula is C22H29N3O4. The van der Waals surface area contributed by atoms with Crippen molar-refractivity contribution in [1.29, 1.82) is 0 Å². The average Bonchev–Trinajstić information content (AvgIpc) is 2.73. The van der Waals surface area contributed by atoms with Crippen molar-refractivity contribution in [3.05, 3.63) is 39.8 Å².